The summed E-state index contributed by atoms with van der Waals surface area (Å²) in [6, 6.07) is 4.56. The average molecular weight is 314 g/mol. The lowest BCUT2D eigenvalue weighted by molar-refractivity contribution is 0.0123. The summed E-state index contributed by atoms with van der Waals surface area (Å²) in [6.07, 6.45) is 4.03. The minimum Gasteiger partial charge on any atom is -0.495 e. The first-order valence-electron chi connectivity index (χ1n) is 7.08. The fourth-order valence-corrected chi connectivity index (χ4v) is 3.62. The minimum atomic E-state index is -3.64. The van der Waals surface area contributed by atoms with Crippen LogP contribution in [0.5, 0.6) is 5.75 Å². The molecular formula is C14H22N2O4S. The van der Waals surface area contributed by atoms with Crippen molar-refractivity contribution >= 4 is 15.7 Å². The fourth-order valence-electron chi connectivity index (χ4n) is 2.37. The molecule has 3 N–H and O–H groups in total. The van der Waals surface area contributed by atoms with Gasteiger partial charge in [-0.3, -0.25) is 0 Å². The summed E-state index contributed by atoms with van der Waals surface area (Å²) >= 11 is 0. The van der Waals surface area contributed by atoms with Gasteiger partial charge in [0.25, 0.3) is 0 Å². The normalized spacial score (nSPS) is 19.4. The highest BCUT2D eigenvalue weighted by molar-refractivity contribution is 7.89. The Labute approximate surface area is 125 Å². The molecule has 1 saturated heterocycles. The smallest absolute Gasteiger partial charge is 0.244 e. The van der Waals surface area contributed by atoms with Crippen molar-refractivity contribution in [1.29, 1.82) is 0 Å². The van der Waals surface area contributed by atoms with Crippen LogP contribution in [0, 0.1) is 0 Å². The van der Waals surface area contributed by atoms with Gasteiger partial charge in [0.05, 0.1) is 13.2 Å². The fraction of sp³-hybridized carbons (Fsp3) is 0.571. The molecule has 0 saturated carbocycles. The third kappa shape index (κ3) is 4.33. The van der Waals surface area contributed by atoms with Gasteiger partial charge in [-0.15, -0.1) is 0 Å². The first-order chi connectivity index (χ1) is 10.0. The van der Waals surface area contributed by atoms with Crippen LogP contribution in [-0.4, -0.2) is 34.8 Å². The molecule has 21 heavy (non-hydrogen) atoms. The Morgan fingerprint density at radius 1 is 1.43 bits per heavy atom. The molecule has 6 nitrogen and oxygen atoms in total. The topological polar surface area (TPSA) is 90.7 Å². The summed E-state index contributed by atoms with van der Waals surface area (Å²) < 4.78 is 37.9. The van der Waals surface area contributed by atoms with Crippen molar-refractivity contribution in [2.75, 3.05) is 26.0 Å². The molecular weight excluding hydrogens is 292 g/mol. The number of anilines is 1. The van der Waals surface area contributed by atoms with Gasteiger partial charge in [0.1, 0.15) is 10.6 Å². The van der Waals surface area contributed by atoms with Gasteiger partial charge in [0, 0.05) is 18.8 Å². The van der Waals surface area contributed by atoms with E-state index in [1.807, 2.05) is 0 Å². The lowest BCUT2D eigenvalue weighted by Gasteiger charge is -2.22. The first kappa shape index (κ1) is 16.1. The molecule has 0 bridgehead atoms. The molecule has 1 unspecified atom stereocenters. The second-order valence-electron chi connectivity index (χ2n) is 5.09. The summed E-state index contributed by atoms with van der Waals surface area (Å²) in [5.74, 6) is 0.283. The molecule has 0 aliphatic carbocycles. The SMILES string of the molecule is COc1ccc(N)cc1S(=O)(=O)NCCC1CCCCO1. The van der Waals surface area contributed by atoms with E-state index in [4.69, 9.17) is 15.2 Å². The van der Waals surface area contributed by atoms with E-state index in [9.17, 15) is 8.42 Å². The predicted molar refractivity (Wildman–Crippen MR) is 80.8 cm³/mol. The monoisotopic (exact) mass is 314 g/mol. The van der Waals surface area contributed by atoms with Crippen molar-refractivity contribution in [3.05, 3.63) is 18.2 Å². The first-order valence-corrected chi connectivity index (χ1v) is 8.56. The second kappa shape index (κ2) is 7.11. The lowest BCUT2D eigenvalue weighted by Crippen LogP contribution is -2.29. The van der Waals surface area contributed by atoms with Crippen molar-refractivity contribution in [2.45, 2.75) is 36.7 Å². The maximum atomic E-state index is 12.3. The van der Waals surface area contributed by atoms with Gasteiger partial charge in [-0.1, -0.05) is 0 Å². The molecule has 1 heterocycles. The lowest BCUT2D eigenvalue weighted by atomic mass is 10.1. The van der Waals surface area contributed by atoms with E-state index < -0.39 is 10.0 Å². The zero-order chi connectivity index (χ0) is 15.3. The summed E-state index contributed by atoms with van der Waals surface area (Å²) in [5, 5.41) is 0. The van der Waals surface area contributed by atoms with Crippen molar-refractivity contribution in [2.24, 2.45) is 0 Å². The standard InChI is InChI=1S/C14H22N2O4S/c1-19-13-6-5-11(15)10-14(13)21(17,18)16-8-7-12-4-2-3-9-20-12/h5-6,10,12,16H,2-4,7-9,15H2,1H3. The van der Waals surface area contributed by atoms with Gasteiger partial charge in [-0.05, 0) is 43.9 Å². The van der Waals surface area contributed by atoms with Crippen LogP contribution in [0.25, 0.3) is 0 Å². The maximum absolute atomic E-state index is 12.3. The molecule has 1 aromatic rings. The van der Waals surface area contributed by atoms with Crippen LogP contribution in [0.2, 0.25) is 0 Å². The molecule has 2 rings (SSSR count). The van der Waals surface area contributed by atoms with Crippen LogP contribution in [0.1, 0.15) is 25.7 Å². The largest absolute Gasteiger partial charge is 0.495 e. The van der Waals surface area contributed by atoms with Gasteiger partial charge in [-0.2, -0.15) is 0 Å². The van der Waals surface area contributed by atoms with Crippen LogP contribution in [0.15, 0.2) is 23.1 Å². The number of nitrogens with one attached hydrogen (secondary N) is 1. The minimum absolute atomic E-state index is 0.0644. The molecule has 0 amide bonds. The van der Waals surface area contributed by atoms with E-state index in [0.29, 0.717) is 18.7 Å². The number of nitrogens with two attached hydrogens (primary N) is 1. The summed E-state index contributed by atoms with van der Waals surface area (Å²) in [4.78, 5) is 0.0644. The van der Waals surface area contributed by atoms with Crippen LogP contribution in [-0.2, 0) is 14.8 Å². The Bertz CT molecular complexity index is 568. The van der Waals surface area contributed by atoms with E-state index in [1.165, 1.54) is 13.2 Å². The van der Waals surface area contributed by atoms with Gasteiger partial charge in [0.2, 0.25) is 10.0 Å². The van der Waals surface area contributed by atoms with E-state index in [0.717, 1.165) is 25.9 Å². The van der Waals surface area contributed by atoms with Gasteiger partial charge >= 0.3 is 0 Å². The zero-order valence-corrected chi connectivity index (χ0v) is 13.0. The van der Waals surface area contributed by atoms with Crippen molar-refractivity contribution in [3.63, 3.8) is 0 Å². The predicted octanol–water partition coefficient (Wildman–Crippen LogP) is 1.51. The molecule has 1 aromatic carbocycles. The Morgan fingerprint density at radius 2 is 2.24 bits per heavy atom. The molecule has 1 fully saturated rings. The Balaban J connectivity index is 1.99. The highest BCUT2D eigenvalue weighted by Crippen LogP contribution is 2.25. The molecule has 0 spiro atoms. The molecule has 118 valence electrons. The van der Waals surface area contributed by atoms with Gasteiger partial charge < -0.3 is 15.2 Å². The second-order valence-corrected chi connectivity index (χ2v) is 6.82. The van der Waals surface area contributed by atoms with Crippen molar-refractivity contribution in [1.82, 2.24) is 4.72 Å². The zero-order valence-electron chi connectivity index (χ0n) is 12.2. The van der Waals surface area contributed by atoms with Gasteiger partial charge in [0.15, 0.2) is 0 Å². The van der Waals surface area contributed by atoms with Crippen LogP contribution in [0.4, 0.5) is 5.69 Å². The number of rotatable bonds is 6. The Kier molecular flexibility index (Phi) is 5.44. The highest BCUT2D eigenvalue weighted by Gasteiger charge is 2.21. The number of hydrogen-bond donors (Lipinski definition) is 2. The number of nitrogen functional groups attached to an aromatic ring is 1. The maximum Gasteiger partial charge on any atom is 0.244 e. The van der Waals surface area contributed by atoms with E-state index in [1.54, 1.807) is 12.1 Å². The molecule has 0 radical (unpaired) electrons. The summed E-state index contributed by atoms with van der Waals surface area (Å²) in [7, 11) is -2.21. The number of ether oxygens (including phenoxy) is 2. The van der Waals surface area contributed by atoms with Crippen molar-refractivity contribution < 1.29 is 17.9 Å². The number of benzene rings is 1. The van der Waals surface area contributed by atoms with Gasteiger partial charge in [-0.25, -0.2) is 13.1 Å². The van der Waals surface area contributed by atoms with E-state index in [-0.39, 0.29) is 16.7 Å². The van der Waals surface area contributed by atoms with E-state index >= 15 is 0 Å². The average Bonchev–Trinajstić information content (AvgIpc) is 2.48. The molecule has 7 heteroatoms. The van der Waals surface area contributed by atoms with Crippen LogP contribution < -0.4 is 15.2 Å². The quantitative estimate of drug-likeness (QED) is 0.777. The van der Waals surface area contributed by atoms with Crippen molar-refractivity contribution in [3.8, 4) is 5.75 Å². The van der Waals surface area contributed by atoms with E-state index in [2.05, 4.69) is 4.72 Å². The van der Waals surface area contributed by atoms with Crippen LogP contribution >= 0.6 is 0 Å². The number of sulfonamides is 1. The Hall–Kier alpha value is -1.31. The molecule has 0 aromatic heterocycles. The highest BCUT2D eigenvalue weighted by atomic mass is 32.2. The molecule has 1 aliphatic rings. The third-order valence-electron chi connectivity index (χ3n) is 3.51. The number of methoxy groups -OCH3 is 1. The summed E-state index contributed by atoms with van der Waals surface area (Å²) in [5.41, 5.74) is 6.04. The summed E-state index contributed by atoms with van der Waals surface area (Å²) in [6.45, 7) is 1.10. The third-order valence-corrected chi connectivity index (χ3v) is 4.99. The Morgan fingerprint density at radius 3 is 2.90 bits per heavy atom. The molecule has 1 aliphatic heterocycles. The van der Waals surface area contributed by atoms with Crippen LogP contribution in [0.3, 0.4) is 0 Å². The molecule has 1 atom stereocenters. The number of hydrogen-bond acceptors (Lipinski definition) is 5.